The topological polar surface area (TPSA) is 50.9 Å². The van der Waals surface area contributed by atoms with E-state index in [1.165, 1.54) is 30.9 Å². The summed E-state index contributed by atoms with van der Waals surface area (Å²) in [6.07, 6.45) is 8.50. The number of aromatic nitrogens is 1. The molecule has 1 aliphatic carbocycles. The molecule has 0 saturated carbocycles. The molecule has 0 aliphatic heterocycles. The number of nitrogens with one attached hydrogen (secondary N) is 1. The molecule has 104 valence electrons. The molecule has 3 rings (SSSR count). The van der Waals surface area contributed by atoms with Crippen LogP contribution >= 0.6 is 0 Å². The van der Waals surface area contributed by atoms with E-state index >= 15 is 0 Å². The number of nitrogens with zero attached hydrogens (tertiary/aromatic N) is 1. The number of anilines is 2. The van der Waals surface area contributed by atoms with Gasteiger partial charge in [0, 0.05) is 23.8 Å². The molecule has 0 radical (unpaired) electrons. The van der Waals surface area contributed by atoms with E-state index in [1.807, 2.05) is 12.1 Å². The minimum atomic E-state index is -0.339. The van der Waals surface area contributed by atoms with E-state index in [9.17, 15) is 4.39 Å². The Balaban J connectivity index is 1.83. The highest BCUT2D eigenvalue weighted by Gasteiger charge is 2.12. The lowest BCUT2D eigenvalue weighted by Crippen LogP contribution is -2.06. The molecule has 2 aromatic rings. The molecule has 0 fully saturated rings. The number of hydrogen-bond acceptors (Lipinski definition) is 3. The van der Waals surface area contributed by atoms with Crippen LogP contribution < -0.4 is 11.1 Å². The summed E-state index contributed by atoms with van der Waals surface area (Å²) < 4.78 is 14.1. The van der Waals surface area contributed by atoms with Crippen LogP contribution in [0.25, 0.3) is 10.9 Å². The highest BCUT2D eigenvalue weighted by Crippen LogP contribution is 2.30. The van der Waals surface area contributed by atoms with Crippen molar-refractivity contribution in [2.75, 3.05) is 17.6 Å². The summed E-state index contributed by atoms with van der Waals surface area (Å²) in [5, 5.41) is 3.96. The maximum Gasteiger partial charge on any atom is 0.150 e. The highest BCUT2D eigenvalue weighted by atomic mass is 19.1. The monoisotopic (exact) mass is 271 g/mol. The fourth-order valence-electron chi connectivity index (χ4n) is 2.72. The van der Waals surface area contributed by atoms with E-state index in [0.717, 1.165) is 18.4 Å². The number of pyridine rings is 1. The van der Waals surface area contributed by atoms with Crippen molar-refractivity contribution >= 4 is 22.3 Å². The van der Waals surface area contributed by atoms with Crippen LogP contribution in [-0.2, 0) is 0 Å². The average molecular weight is 271 g/mol. The fraction of sp³-hybridized carbons (Fsp3) is 0.312. The molecule has 1 aromatic carbocycles. The summed E-state index contributed by atoms with van der Waals surface area (Å²) >= 11 is 0. The Bertz CT molecular complexity index is 664. The van der Waals surface area contributed by atoms with Crippen molar-refractivity contribution in [1.82, 2.24) is 4.98 Å². The lowest BCUT2D eigenvalue weighted by Gasteiger charge is -2.12. The van der Waals surface area contributed by atoms with Gasteiger partial charge in [-0.25, -0.2) is 4.39 Å². The summed E-state index contributed by atoms with van der Waals surface area (Å²) in [5.74, 6) is -0.339. The molecule has 20 heavy (non-hydrogen) atoms. The molecule has 3 nitrogen and oxygen atoms in total. The van der Waals surface area contributed by atoms with Crippen LogP contribution in [0.2, 0.25) is 0 Å². The molecule has 1 heterocycles. The zero-order chi connectivity index (χ0) is 13.9. The van der Waals surface area contributed by atoms with Gasteiger partial charge in [0.25, 0.3) is 0 Å². The number of benzene rings is 1. The van der Waals surface area contributed by atoms with E-state index in [-0.39, 0.29) is 5.82 Å². The highest BCUT2D eigenvalue weighted by molar-refractivity contribution is 5.98. The molecular weight excluding hydrogens is 253 g/mol. The first-order chi connectivity index (χ1) is 9.75. The van der Waals surface area contributed by atoms with Crippen molar-refractivity contribution in [3.05, 3.63) is 41.9 Å². The average Bonchev–Trinajstić information content (AvgIpc) is 2.96. The van der Waals surface area contributed by atoms with E-state index in [2.05, 4.69) is 16.4 Å². The Morgan fingerprint density at radius 3 is 3.10 bits per heavy atom. The van der Waals surface area contributed by atoms with E-state index in [1.54, 1.807) is 6.20 Å². The van der Waals surface area contributed by atoms with Gasteiger partial charge in [-0.15, -0.1) is 0 Å². The number of rotatable bonds is 4. The number of nitrogens with two attached hydrogens (primary N) is 1. The molecule has 0 saturated heterocycles. The SMILES string of the molecule is Nc1cc(F)c(NCCC2=CCCC2)c2ncccc12. The molecule has 3 N–H and O–H groups in total. The van der Waals surface area contributed by atoms with Gasteiger partial charge < -0.3 is 11.1 Å². The second-order valence-electron chi connectivity index (χ2n) is 5.15. The first-order valence-electron chi connectivity index (χ1n) is 7.00. The lowest BCUT2D eigenvalue weighted by atomic mass is 10.1. The molecular formula is C16H18FN3. The number of halogens is 1. The van der Waals surface area contributed by atoms with Crippen molar-refractivity contribution in [2.24, 2.45) is 0 Å². The van der Waals surface area contributed by atoms with Crippen LogP contribution in [0.5, 0.6) is 0 Å². The van der Waals surface area contributed by atoms with Gasteiger partial charge in [-0.2, -0.15) is 0 Å². The molecule has 0 unspecified atom stereocenters. The quantitative estimate of drug-likeness (QED) is 0.655. The molecule has 0 amide bonds. The second-order valence-corrected chi connectivity index (χ2v) is 5.15. The maximum absolute atomic E-state index is 14.1. The Labute approximate surface area is 117 Å². The van der Waals surface area contributed by atoms with Crippen molar-refractivity contribution in [2.45, 2.75) is 25.7 Å². The molecule has 1 aromatic heterocycles. The first kappa shape index (κ1) is 12.9. The second kappa shape index (κ2) is 5.49. The van der Waals surface area contributed by atoms with Crippen molar-refractivity contribution in [3.8, 4) is 0 Å². The van der Waals surface area contributed by atoms with Gasteiger partial charge in [0.1, 0.15) is 0 Å². The van der Waals surface area contributed by atoms with Crippen LogP contribution in [0.15, 0.2) is 36.0 Å². The zero-order valence-electron chi connectivity index (χ0n) is 11.3. The summed E-state index contributed by atoms with van der Waals surface area (Å²) in [4.78, 5) is 4.26. The predicted molar refractivity (Wildman–Crippen MR) is 81.2 cm³/mol. The van der Waals surface area contributed by atoms with Crippen LogP contribution in [0.1, 0.15) is 25.7 Å². The number of hydrogen-bond donors (Lipinski definition) is 2. The number of fused-ring (bicyclic) bond motifs is 1. The Hall–Kier alpha value is -2.10. The predicted octanol–water partition coefficient (Wildman–Crippen LogP) is 3.87. The first-order valence-corrected chi connectivity index (χ1v) is 7.00. The fourth-order valence-corrected chi connectivity index (χ4v) is 2.72. The maximum atomic E-state index is 14.1. The smallest absolute Gasteiger partial charge is 0.150 e. The molecule has 0 bridgehead atoms. The molecule has 1 aliphatic rings. The Kier molecular flexibility index (Phi) is 3.54. The van der Waals surface area contributed by atoms with Gasteiger partial charge in [-0.05, 0) is 43.9 Å². The summed E-state index contributed by atoms with van der Waals surface area (Å²) in [7, 11) is 0. The largest absolute Gasteiger partial charge is 0.398 e. The summed E-state index contributed by atoms with van der Waals surface area (Å²) in [5.41, 5.74) is 8.78. The van der Waals surface area contributed by atoms with Crippen LogP contribution in [0.3, 0.4) is 0 Å². The summed E-state index contributed by atoms with van der Waals surface area (Å²) in [6, 6.07) is 5.03. The van der Waals surface area contributed by atoms with Gasteiger partial charge in [0.05, 0.1) is 11.2 Å². The molecule has 0 atom stereocenters. The van der Waals surface area contributed by atoms with Crippen molar-refractivity contribution in [1.29, 1.82) is 0 Å². The van der Waals surface area contributed by atoms with Gasteiger partial charge in [-0.1, -0.05) is 11.6 Å². The van der Waals surface area contributed by atoms with Crippen LogP contribution in [0, 0.1) is 5.82 Å². The van der Waals surface area contributed by atoms with E-state index in [4.69, 9.17) is 5.73 Å². The Morgan fingerprint density at radius 1 is 1.40 bits per heavy atom. The minimum absolute atomic E-state index is 0.339. The molecule has 4 heteroatoms. The van der Waals surface area contributed by atoms with E-state index in [0.29, 0.717) is 16.9 Å². The normalized spacial score (nSPS) is 14.6. The standard InChI is InChI=1S/C16H18FN3/c17-13-10-14(18)12-6-3-8-19-15(12)16(13)20-9-7-11-4-1-2-5-11/h3-4,6,8,10,20H,1-2,5,7,9,18H2. The van der Waals surface area contributed by atoms with Crippen molar-refractivity contribution < 1.29 is 4.39 Å². The minimum Gasteiger partial charge on any atom is -0.398 e. The van der Waals surface area contributed by atoms with Crippen LogP contribution in [-0.4, -0.2) is 11.5 Å². The lowest BCUT2D eigenvalue weighted by molar-refractivity contribution is 0.632. The van der Waals surface area contributed by atoms with Crippen LogP contribution in [0.4, 0.5) is 15.8 Å². The van der Waals surface area contributed by atoms with Crippen molar-refractivity contribution in [3.63, 3.8) is 0 Å². The van der Waals surface area contributed by atoms with Gasteiger partial charge >= 0.3 is 0 Å². The third-order valence-corrected chi connectivity index (χ3v) is 3.76. The summed E-state index contributed by atoms with van der Waals surface area (Å²) in [6.45, 7) is 0.721. The van der Waals surface area contributed by atoms with Gasteiger partial charge in [0.15, 0.2) is 5.82 Å². The molecule has 0 spiro atoms. The zero-order valence-corrected chi connectivity index (χ0v) is 11.3. The number of allylic oxidation sites excluding steroid dienone is 1. The third-order valence-electron chi connectivity index (χ3n) is 3.76. The third kappa shape index (κ3) is 2.46. The van der Waals surface area contributed by atoms with E-state index < -0.39 is 0 Å². The number of nitrogen functional groups attached to an aromatic ring is 1. The van der Waals surface area contributed by atoms with Gasteiger partial charge in [-0.3, -0.25) is 4.98 Å². The van der Waals surface area contributed by atoms with Gasteiger partial charge in [0.2, 0.25) is 0 Å². The Morgan fingerprint density at radius 2 is 2.30 bits per heavy atom.